The molecule has 1 rings (SSSR count). The van der Waals surface area contributed by atoms with Crippen LogP contribution in [0.25, 0.3) is 6.08 Å². The van der Waals surface area contributed by atoms with Crippen molar-refractivity contribution in [2.45, 2.75) is 20.0 Å². The number of amides is 1. The third-order valence-corrected chi connectivity index (χ3v) is 2.59. The van der Waals surface area contributed by atoms with Crippen molar-refractivity contribution in [3.05, 3.63) is 41.0 Å². The van der Waals surface area contributed by atoms with E-state index in [1.54, 1.807) is 6.08 Å². The number of hydrogen-bond acceptors (Lipinski definition) is 3. The van der Waals surface area contributed by atoms with E-state index in [-0.39, 0.29) is 6.54 Å². The van der Waals surface area contributed by atoms with Gasteiger partial charge in [0.2, 0.25) is 5.91 Å². The Morgan fingerprint density at radius 2 is 2.05 bits per heavy atom. The van der Waals surface area contributed by atoms with E-state index in [0.29, 0.717) is 0 Å². The van der Waals surface area contributed by atoms with Gasteiger partial charge in [-0.25, -0.2) is 4.79 Å². The SMILES string of the molecule is Cc1ccc(/C=C/C(=O)NC[C@H](O)C(=O)O)c(C)c1. The van der Waals surface area contributed by atoms with E-state index in [2.05, 4.69) is 5.32 Å². The highest BCUT2D eigenvalue weighted by molar-refractivity contribution is 5.92. The van der Waals surface area contributed by atoms with Crippen molar-refractivity contribution in [1.82, 2.24) is 5.32 Å². The molecule has 1 amide bonds. The largest absolute Gasteiger partial charge is 0.479 e. The first-order valence-electron chi connectivity index (χ1n) is 5.84. The molecule has 0 radical (unpaired) electrons. The van der Waals surface area contributed by atoms with Gasteiger partial charge in [-0.05, 0) is 31.1 Å². The Balaban J connectivity index is 2.56. The average molecular weight is 263 g/mol. The molecule has 1 aromatic carbocycles. The van der Waals surface area contributed by atoms with Crippen LogP contribution in [-0.2, 0) is 9.59 Å². The lowest BCUT2D eigenvalue weighted by Crippen LogP contribution is -2.35. The zero-order valence-corrected chi connectivity index (χ0v) is 10.9. The number of aliphatic hydroxyl groups is 1. The number of carboxylic acid groups (broad SMARTS) is 1. The van der Waals surface area contributed by atoms with Crippen molar-refractivity contribution in [3.8, 4) is 0 Å². The van der Waals surface area contributed by atoms with Gasteiger partial charge in [0.1, 0.15) is 0 Å². The fraction of sp³-hybridized carbons (Fsp3) is 0.286. The lowest BCUT2D eigenvalue weighted by Gasteiger charge is -2.05. The molecule has 1 aromatic rings. The Hall–Kier alpha value is -2.14. The van der Waals surface area contributed by atoms with Crippen molar-refractivity contribution >= 4 is 18.0 Å². The normalized spacial score (nSPS) is 12.4. The van der Waals surface area contributed by atoms with Crippen LogP contribution in [-0.4, -0.2) is 34.7 Å². The standard InChI is InChI=1S/C14H17NO4/c1-9-3-4-11(10(2)7-9)5-6-13(17)15-8-12(16)14(18)19/h3-7,12,16H,8H2,1-2H3,(H,15,17)(H,18,19)/b6-5+/t12-/m0/s1. The quantitative estimate of drug-likeness (QED) is 0.688. The summed E-state index contributed by atoms with van der Waals surface area (Å²) < 4.78 is 0. The molecule has 0 spiro atoms. The molecular weight excluding hydrogens is 246 g/mol. The van der Waals surface area contributed by atoms with Gasteiger partial charge in [0, 0.05) is 6.08 Å². The Kier molecular flexibility index (Phi) is 5.26. The van der Waals surface area contributed by atoms with E-state index in [1.807, 2.05) is 32.0 Å². The Morgan fingerprint density at radius 1 is 1.37 bits per heavy atom. The smallest absolute Gasteiger partial charge is 0.334 e. The summed E-state index contributed by atoms with van der Waals surface area (Å²) >= 11 is 0. The number of nitrogens with one attached hydrogen (secondary N) is 1. The molecule has 5 nitrogen and oxygen atoms in total. The summed E-state index contributed by atoms with van der Waals surface area (Å²) in [6, 6.07) is 5.85. The van der Waals surface area contributed by atoms with Crippen molar-refractivity contribution in [3.63, 3.8) is 0 Å². The first-order valence-corrected chi connectivity index (χ1v) is 5.84. The molecule has 0 unspecified atom stereocenters. The van der Waals surface area contributed by atoms with Crippen molar-refractivity contribution < 1.29 is 19.8 Å². The predicted octanol–water partition coefficient (Wildman–Crippen LogP) is 0.878. The summed E-state index contributed by atoms with van der Waals surface area (Å²) in [7, 11) is 0. The summed E-state index contributed by atoms with van der Waals surface area (Å²) in [6.45, 7) is 3.62. The number of aryl methyl sites for hydroxylation is 2. The summed E-state index contributed by atoms with van der Waals surface area (Å²) in [5.74, 6) is -1.81. The van der Waals surface area contributed by atoms with Crippen LogP contribution in [0.15, 0.2) is 24.3 Å². The number of hydrogen-bond donors (Lipinski definition) is 3. The van der Waals surface area contributed by atoms with Gasteiger partial charge in [-0.3, -0.25) is 4.79 Å². The maximum atomic E-state index is 11.4. The third-order valence-electron chi connectivity index (χ3n) is 2.59. The van der Waals surface area contributed by atoms with Crippen LogP contribution in [0, 0.1) is 13.8 Å². The molecule has 102 valence electrons. The minimum atomic E-state index is -1.58. The molecule has 1 atom stereocenters. The number of carbonyl (C=O) groups excluding carboxylic acids is 1. The highest BCUT2D eigenvalue weighted by atomic mass is 16.4. The monoisotopic (exact) mass is 263 g/mol. The van der Waals surface area contributed by atoms with E-state index in [1.165, 1.54) is 6.08 Å². The van der Waals surface area contributed by atoms with Crippen LogP contribution in [0.2, 0.25) is 0 Å². The molecule has 0 saturated heterocycles. The number of carboxylic acids is 1. The average Bonchev–Trinajstić information content (AvgIpc) is 2.34. The summed E-state index contributed by atoms with van der Waals surface area (Å²) in [5, 5.41) is 19.8. The minimum absolute atomic E-state index is 0.314. The van der Waals surface area contributed by atoms with Crippen molar-refractivity contribution in [2.75, 3.05) is 6.54 Å². The second-order valence-corrected chi connectivity index (χ2v) is 4.29. The van der Waals surface area contributed by atoms with Crippen LogP contribution >= 0.6 is 0 Å². The lowest BCUT2D eigenvalue weighted by molar-refractivity contribution is -0.146. The molecule has 0 aromatic heterocycles. The van der Waals surface area contributed by atoms with Crippen LogP contribution in [0.3, 0.4) is 0 Å². The van der Waals surface area contributed by atoms with Gasteiger partial charge in [0.25, 0.3) is 0 Å². The molecule has 0 aliphatic rings. The van der Waals surface area contributed by atoms with E-state index < -0.39 is 18.0 Å². The highest BCUT2D eigenvalue weighted by Gasteiger charge is 2.12. The fourth-order valence-electron chi connectivity index (χ4n) is 1.52. The lowest BCUT2D eigenvalue weighted by atomic mass is 10.1. The molecule has 0 saturated carbocycles. The molecule has 0 fully saturated rings. The van der Waals surface area contributed by atoms with Crippen molar-refractivity contribution in [2.24, 2.45) is 0 Å². The van der Waals surface area contributed by atoms with Gasteiger partial charge in [0.05, 0.1) is 6.54 Å². The molecular formula is C14H17NO4. The van der Waals surface area contributed by atoms with Gasteiger partial charge < -0.3 is 15.5 Å². The van der Waals surface area contributed by atoms with Crippen molar-refractivity contribution in [1.29, 1.82) is 0 Å². The maximum absolute atomic E-state index is 11.4. The third kappa shape index (κ3) is 4.93. The molecule has 0 aliphatic carbocycles. The van der Waals surface area contributed by atoms with Gasteiger partial charge in [-0.2, -0.15) is 0 Å². The van der Waals surface area contributed by atoms with E-state index >= 15 is 0 Å². The number of rotatable bonds is 5. The fourth-order valence-corrected chi connectivity index (χ4v) is 1.52. The van der Waals surface area contributed by atoms with Gasteiger partial charge in [-0.1, -0.05) is 23.8 Å². The predicted molar refractivity (Wildman–Crippen MR) is 71.6 cm³/mol. The summed E-state index contributed by atoms with van der Waals surface area (Å²) in [4.78, 5) is 21.8. The van der Waals surface area contributed by atoms with E-state index in [0.717, 1.165) is 16.7 Å². The molecule has 0 heterocycles. The molecule has 19 heavy (non-hydrogen) atoms. The molecule has 0 bridgehead atoms. The highest BCUT2D eigenvalue weighted by Crippen LogP contribution is 2.11. The first-order chi connectivity index (χ1) is 8.90. The summed E-state index contributed by atoms with van der Waals surface area (Å²) in [5.41, 5.74) is 3.11. The number of aliphatic hydroxyl groups excluding tert-OH is 1. The van der Waals surface area contributed by atoms with Crippen LogP contribution in [0.5, 0.6) is 0 Å². The van der Waals surface area contributed by atoms with Crippen LogP contribution in [0.4, 0.5) is 0 Å². The maximum Gasteiger partial charge on any atom is 0.334 e. The first kappa shape index (κ1) is 14.9. The molecule has 5 heteroatoms. The second-order valence-electron chi connectivity index (χ2n) is 4.29. The van der Waals surface area contributed by atoms with Gasteiger partial charge in [0.15, 0.2) is 6.10 Å². The second kappa shape index (κ2) is 6.70. The minimum Gasteiger partial charge on any atom is -0.479 e. The Labute approximate surface area is 111 Å². The Bertz CT molecular complexity index is 508. The van der Waals surface area contributed by atoms with Gasteiger partial charge >= 0.3 is 5.97 Å². The number of aliphatic carboxylic acids is 1. The van der Waals surface area contributed by atoms with E-state index in [9.17, 15) is 9.59 Å². The zero-order valence-electron chi connectivity index (χ0n) is 10.9. The van der Waals surface area contributed by atoms with Crippen LogP contribution < -0.4 is 5.32 Å². The van der Waals surface area contributed by atoms with E-state index in [4.69, 9.17) is 10.2 Å². The number of benzene rings is 1. The molecule has 3 N–H and O–H groups in total. The van der Waals surface area contributed by atoms with Gasteiger partial charge in [-0.15, -0.1) is 0 Å². The molecule has 0 aliphatic heterocycles. The zero-order chi connectivity index (χ0) is 14.4. The topological polar surface area (TPSA) is 86.6 Å². The number of carbonyl (C=O) groups is 2. The van der Waals surface area contributed by atoms with Crippen LogP contribution in [0.1, 0.15) is 16.7 Å². The summed E-state index contributed by atoms with van der Waals surface area (Å²) in [6.07, 6.45) is 1.38. The Morgan fingerprint density at radius 3 is 2.63 bits per heavy atom.